The number of nitrogens with one attached hydrogen (secondary N) is 1. The monoisotopic (exact) mass is 347 g/mol. The molecule has 1 aliphatic heterocycles. The van der Waals surface area contributed by atoms with Crippen LogP contribution in [0.4, 0.5) is 5.69 Å². The lowest BCUT2D eigenvalue weighted by molar-refractivity contribution is 0.365. The topological polar surface area (TPSA) is 58.2 Å². The van der Waals surface area contributed by atoms with Crippen LogP contribution in [0.3, 0.4) is 0 Å². The van der Waals surface area contributed by atoms with Crippen LogP contribution in [0, 0.1) is 0 Å². The second kappa shape index (κ2) is 6.67. The van der Waals surface area contributed by atoms with Gasteiger partial charge in [0.15, 0.2) is 0 Å². The summed E-state index contributed by atoms with van der Waals surface area (Å²) < 4.78 is 5.97. The average molecular weight is 347 g/mol. The van der Waals surface area contributed by atoms with Gasteiger partial charge < -0.3 is 14.6 Å². The van der Waals surface area contributed by atoms with E-state index in [1.807, 2.05) is 24.3 Å². The molecule has 0 saturated heterocycles. The molecule has 2 aromatic carbocycles. The van der Waals surface area contributed by atoms with Crippen molar-refractivity contribution in [1.82, 2.24) is 9.97 Å². The fourth-order valence-corrected chi connectivity index (χ4v) is 3.31. The molecule has 0 atom stereocenters. The Balaban J connectivity index is 1.73. The van der Waals surface area contributed by atoms with Crippen molar-refractivity contribution in [3.05, 3.63) is 64.2 Å². The van der Waals surface area contributed by atoms with Gasteiger partial charge >= 0.3 is 0 Å². The number of hydrogen-bond acceptors (Lipinski definition) is 4. The summed E-state index contributed by atoms with van der Waals surface area (Å²) in [6, 6.07) is 13.6. The summed E-state index contributed by atoms with van der Waals surface area (Å²) in [5.74, 6) is 1.42. The van der Waals surface area contributed by atoms with Gasteiger partial charge in [-0.1, -0.05) is 12.1 Å². The number of fused-ring (bicyclic) bond motifs is 2. The maximum absolute atomic E-state index is 12.3. The van der Waals surface area contributed by atoms with Crippen molar-refractivity contribution in [2.24, 2.45) is 0 Å². The summed E-state index contributed by atoms with van der Waals surface area (Å²) in [5.41, 5.74) is 3.58. The van der Waals surface area contributed by atoms with E-state index in [1.165, 1.54) is 0 Å². The SMILES string of the molecule is CCN(CC)c1ccc2c(c1)OCC(c1nc3ccccc3c(=O)[nH]1)=C2. The number of rotatable bonds is 4. The molecule has 4 rings (SSSR count). The zero-order valence-electron chi connectivity index (χ0n) is 15.0. The van der Waals surface area contributed by atoms with Crippen molar-refractivity contribution in [3.63, 3.8) is 0 Å². The van der Waals surface area contributed by atoms with Gasteiger partial charge in [0.25, 0.3) is 5.56 Å². The standard InChI is InChI=1S/C21H21N3O2/c1-3-24(4-2)16-10-9-14-11-15(13-26-19(14)12-16)20-22-18-8-6-5-7-17(18)21(25)23-20/h5-12H,3-4,13H2,1-2H3,(H,22,23,25). The molecule has 0 bridgehead atoms. The smallest absolute Gasteiger partial charge is 0.259 e. The molecule has 0 unspecified atom stereocenters. The summed E-state index contributed by atoms with van der Waals surface area (Å²) in [6.45, 7) is 6.58. The van der Waals surface area contributed by atoms with Crippen LogP contribution < -0.4 is 15.2 Å². The molecular formula is C21H21N3O2. The van der Waals surface area contributed by atoms with E-state index in [0.717, 1.165) is 35.7 Å². The third-order valence-electron chi connectivity index (χ3n) is 4.76. The Morgan fingerprint density at radius 1 is 1.15 bits per heavy atom. The quantitative estimate of drug-likeness (QED) is 0.782. The molecule has 0 aliphatic carbocycles. The number of anilines is 1. The van der Waals surface area contributed by atoms with Crippen LogP contribution in [-0.4, -0.2) is 29.7 Å². The van der Waals surface area contributed by atoms with E-state index in [2.05, 4.69) is 46.9 Å². The van der Waals surface area contributed by atoms with Gasteiger partial charge in [0, 0.05) is 36.0 Å². The van der Waals surface area contributed by atoms with E-state index in [4.69, 9.17) is 4.74 Å². The predicted octanol–water partition coefficient (Wildman–Crippen LogP) is 3.70. The first-order valence-electron chi connectivity index (χ1n) is 8.91. The molecule has 2 heterocycles. The highest BCUT2D eigenvalue weighted by atomic mass is 16.5. The Morgan fingerprint density at radius 3 is 2.77 bits per heavy atom. The zero-order valence-corrected chi connectivity index (χ0v) is 15.0. The summed E-state index contributed by atoms with van der Waals surface area (Å²) >= 11 is 0. The molecule has 5 heteroatoms. The van der Waals surface area contributed by atoms with E-state index in [-0.39, 0.29) is 5.56 Å². The largest absolute Gasteiger partial charge is 0.488 e. The fourth-order valence-electron chi connectivity index (χ4n) is 3.31. The van der Waals surface area contributed by atoms with E-state index in [9.17, 15) is 4.79 Å². The third-order valence-corrected chi connectivity index (χ3v) is 4.76. The van der Waals surface area contributed by atoms with Crippen LogP contribution in [0.25, 0.3) is 22.6 Å². The first-order valence-corrected chi connectivity index (χ1v) is 8.91. The average Bonchev–Trinajstić information content (AvgIpc) is 2.68. The maximum atomic E-state index is 12.3. The van der Waals surface area contributed by atoms with Crippen LogP contribution in [-0.2, 0) is 0 Å². The lowest BCUT2D eigenvalue weighted by Gasteiger charge is -2.24. The number of aromatic nitrogens is 2. The number of ether oxygens (including phenoxy) is 1. The maximum Gasteiger partial charge on any atom is 0.259 e. The first kappa shape index (κ1) is 16.4. The van der Waals surface area contributed by atoms with E-state index >= 15 is 0 Å². The van der Waals surface area contributed by atoms with Gasteiger partial charge in [-0.2, -0.15) is 0 Å². The van der Waals surface area contributed by atoms with Crippen molar-refractivity contribution in [2.75, 3.05) is 24.6 Å². The van der Waals surface area contributed by atoms with Crippen LogP contribution in [0.15, 0.2) is 47.3 Å². The van der Waals surface area contributed by atoms with Crippen molar-refractivity contribution in [2.45, 2.75) is 13.8 Å². The molecule has 0 amide bonds. The molecule has 26 heavy (non-hydrogen) atoms. The molecule has 1 aliphatic rings. The molecule has 5 nitrogen and oxygen atoms in total. The Kier molecular flexibility index (Phi) is 4.21. The second-order valence-corrected chi connectivity index (χ2v) is 6.28. The highest BCUT2D eigenvalue weighted by Gasteiger charge is 2.17. The van der Waals surface area contributed by atoms with Crippen molar-refractivity contribution < 1.29 is 4.74 Å². The Hall–Kier alpha value is -3.08. The summed E-state index contributed by atoms with van der Waals surface area (Å²) in [5, 5.41) is 0.595. The highest BCUT2D eigenvalue weighted by molar-refractivity contribution is 5.86. The Bertz CT molecular complexity index is 1050. The lowest BCUT2D eigenvalue weighted by Crippen LogP contribution is -2.22. The molecule has 132 valence electrons. The van der Waals surface area contributed by atoms with Crippen molar-refractivity contribution in [3.8, 4) is 5.75 Å². The summed E-state index contributed by atoms with van der Waals surface area (Å²) in [7, 11) is 0. The van der Waals surface area contributed by atoms with Gasteiger partial charge in [0.05, 0.1) is 10.9 Å². The predicted molar refractivity (Wildman–Crippen MR) is 106 cm³/mol. The molecule has 1 aromatic heterocycles. The summed E-state index contributed by atoms with van der Waals surface area (Å²) in [4.78, 5) is 22.1. The molecule has 0 fully saturated rings. The van der Waals surface area contributed by atoms with Gasteiger partial charge in [-0.3, -0.25) is 4.79 Å². The third kappa shape index (κ3) is 2.86. The van der Waals surface area contributed by atoms with Crippen molar-refractivity contribution in [1.29, 1.82) is 0 Å². The molecular weight excluding hydrogens is 326 g/mol. The number of H-pyrrole nitrogens is 1. The van der Waals surface area contributed by atoms with E-state index in [0.29, 0.717) is 23.3 Å². The van der Waals surface area contributed by atoms with Crippen LogP contribution in [0.2, 0.25) is 0 Å². The lowest BCUT2D eigenvalue weighted by atomic mass is 10.1. The van der Waals surface area contributed by atoms with Gasteiger partial charge in [-0.05, 0) is 44.2 Å². The minimum Gasteiger partial charge on any atom is -0.488 e. The van der Waals surface area contributed by atoms with Gasteiger partial charge in [0.1, 0.15) is 18.2 Å². The van der Waals surface area contributed by atoms with Crippen LogP contribution in [0.1, 0.15) is 25.2 Å². The minimum atomic E-state index is -0.130. The first-order chi connectivity index (χ1) is 12.7. The van der Waals surface area contributed by atoms with Gasteiger partial charge in [-0.25, -0.2) is 4.98 Å². The Morgan fingerprint density at radius 2 is 1.96 bits per heavy atom. The van der Waals surface area contributed by atoms with E-state index in [1.54, 1.807) is 6.07 Å². The van der Waals surface area contributed by atoms with Gasteiger partial charge in [0.2, 0.25) is 0 Å². The number of nitrogens with zero attached hydrogens (tertiary/aromatic N) is 2. The number of hydrogen-bond donors (Lipinski definition) is 1. The minimum absolute atomic E-state index is 0.130. The molecule has 0 spiro atoms. The van der Waals surface area contributed by atoms with Gasteiger partial charge in [-0.15, -0.1) is 0 Å². The fraction of sp³-hybridized carbons (Fsp3) is 0.238. The highest BCUT2D eigenvalue weighted by Crippen LogP contribution is 2.33. The number of aromatic amines is 1. The van der Waals surface area contributed by atoms with Crippen LogP contribution >= 0.6 is 0 Å². The molecule has 1 N–H and O–H groups in total. The zero-order chi connectivity index (χ0) is 18.1. The molecule has 0 radical (unpaired) electrons. The van der Waals surface area contributed by atoms with Crippen molar-refractivity contribution >= 4 is 28.2 Å². The molecule has 3 aromatic rings. The number of benzene rings is 2. The number of para-hydroxylation sites is 1. The molecule has 0 saturated carbocycles. The van der Waals surface area contributed by atoms with E-state index < -0.39 is 0 Å². The normalized spacial score (nSPS) is 13.1. The summed E-state index contributed by atoms with van der Waals surface area (Å²) in [6.07, 6.45) is 2.04. The van der Waals surface area contributed by atoms with Crippen LogP contribution in [0.5, 0.6) is 5.75 Å². The second-order valence-electron chi connectivity index (χ2n) is 6.28. The Labute approximate surface area is 152 Å².